The van der Waals surface area contributed by atoms with Crippen LogP contribution >= 0.6 is 23.1 Å². The first kappa shape index (κ1) is 22.3. The fourth-order valence-electron chi connectivity index (χ4n) is 3.35. The SMILES string of the molecule is C=CCn1c(SCC(=O)N(CCC)CCC)nc2scc(-c3ccccc3)c2c1=O. The Morgan fingerprint density at radius 3 is 2.57 bits per heavy atom. The van der Waals surface area contributed by atoms with E-state index < -0.39 is 0 Å². The molecule has 3 rings (SSSR count). The Balaban J connectivity index is 1.95. The van der Waals surface area contributed by atoms with Crippen LogP contribution in [0.4, 0.5) is 0 Å². The Morgan fingerprint density at radius 1 is 1.23 bits per heavy atom. The lowest BCUT2D eigenvalue weighted by atomic mass is 10.1. The molecule has 7 heteroatoms. The van der Waals surface area contributed by atoms with Crippen LogP contribution in [-0.2, 0) is 11.3 Å². The van der Waals surface area contributed by atoms with E-state index in [0.717, 1.165) is 37.1 Å². The van der Waals surface area contributed by atoms with Crippen LogP contribution < -0.4 is 5.56 Å². The van der Waals surface area contributed by atoms with Gasteiger partial charge in [0.05, 0.1) is 11.1 Å². The molecule has 0 bridgehead atoms. The molecular weight excluding hydrogens is 414 g/mol. The van der Waals surface area contributed by atoms with Crippen molar-refractivity contribution in [3.63, 3.8) is 0 Å². The Bertz CT molecular complexity index is 1070. The number of carbonyl (C=O) groups is 1. The minimum atomic E-state index is -0.0890. The highest BCUT2D eigenvalue weighted by Crippen LogP contribution is 2.32. The van der Waals surface area contributed by atoms with E-state index in [9.17, 15) is 9.59 Å². The van der Waals surface area contributed by atoms with Crippen molar-refractivity contribution in [2.24, 2.45) is 0 Å². The number of thiophene rings is 1. The largest absolute Gasteiger partial charge is 0.342 e. The molecule has 0 aliphatic rings. The number of amides is 1. The normalized spacial score (nSPS) is 11.0. The van der Waals surface area contributed by atoms with Crippen LogP contribution in [0.15, 0.2) is 58.3 Å². The van der Waals surface area contributed by atoms with E-state index in [2.05, 4.69) is 20.4 Å². The van der Waals surface area contributed by atoms with Gasteiger partial charge >= 0.3 is 0 Å². The minimum Gasteiger partial charge on any atom is -0.342 e. The van der Waals surface area contributed by atoms with E-state index in [1.807, 2.05) is 40.6 Å². The van der Waals surface area contributed by atoms with Crippen molar-refractivity contribution in [3.05, 3.63) is 58.7 Å². The molecule has 0 aliphatic heterocycles. The molecule has 0 radical (unpaired) electrons. The Kier molecular flexibility index (Phi) is 7.87. The van der Waals surface area contributed by atoms with Crippen molar-refractivity contribution >= 4 is 39.2 Å². The molecule has 0 saturated heterocycles. The van der Waals surface area contributed by atoms with Crippen LogP contribution in [0.1, 0.15) is 26.7 Å². The fraction of sp³-hybridized carbons (Fsp3) is 0.348. The second kappa shape index (κ2) is 10.6. The van der Waals surface area contributed by atoms with Gasteiger partial charge < -0.3 is 4.90 Å². The van der Waals surface area contributed by atoms with Gasteiger partial charge in [0.2, 0.25) is 5.91 Å². The third kappa shape index (κ3) is 4.84. The maximum atomic E-state index is 13.4. The number of hydrogen-bond donors (Lipinski definition) is 0. The van der Waals surface area contributed by atoms with E-state index >= 15 is 0 Å². The van der Waals surface area contributed by atoms with E-state index in [1.165, 1.54) is 23.1 Å². The van der Waals surface area contributed by atoms with Gasteiger partial charge in [-0.25, -0.2) is 4.98 Å². The Labute approximate surface area is 185 Å². The lowest BCUT2D eigenvalue weighted by molar-refractivity contribution is -0.128. The maximum Gasteiger partial charge on any atom is 0.263 e. The molecular formula is C23H27N3O2S2. The molecule has 2 heterocycles. The molecule has 5 nitrogen and oxygen atoms in total. The zero-order chi connectivity index (χ0) is 21.5. The van der Waals surface area contributed by atoms with E-state index in [1.54, 1.807) is 10.6 Å². The molecule has 0 atom stereocenters. The Morgan fingerprint density at radius 2 is 1.93 bits per heavy atom. The molecule has 3 aromatic rings. The van der Waals surface area contributed by atoms with Crippen LogP contribution in [0.3, 0.4) is 0 Å². The molecule has 0 spiro atoms. The van der Waals surface area contributed by atoms with Crippen LogP contribution in [0.2, 0.25) is 0 Å². The van der Waals surface area contributed by atoms with Gasteiger partial charge in [-0.05, 0) is 18.4 Å². The zero-order valence-electron chi connectivity index (χ0n) is 17.5. The highest BCUT2D eigenvalue weighted by atomic mass is 32.2. The number of allylic oxidation sites excluding steroid dienone is 1. The predicted molar refractivity (Wildman–Crippen MR) is 127 cm³/mol. The standard InChI is InChI=1S/C23H27N3O2S2/c1-4-12-25(13-5-2)19(27)16-30-23-24-21-20(22(28)26(23)14-6-3)18(15-29-21)17-10-8-7-9-11-17/h6-11,15H,3-5,12-14,16H2,1-2H3. The van der Waals surface area contributed by atoms with Gasteiger partial charge in [-0.2, -0.15) is 0 Å². The van der Waals surface area contributed by atoms with E-state index in [4.69, 9.17) is 4.98 Å². The van der Waals surface area contributed by atoms with Gasteiger partial charge in [0.25, 0.3) is 5.56 Å². The molecule has 0 fully saturated rings. The average Bonchev–Trinajstić information content (AvgIpc) is 3.19. The first-order chi connectivity index (χ1) is 14.6. The number of thioether (sulfide) groups is 1. The average molecular weight is 442 g/mol. The summed E-state index contributed by atoms with van der Waals surface area (Å²) in [5.41, 5.74) is 1.81. The molecule has 1 amide bonds. The van der Waals surface area contributed by atoms with Crippen LogP contribution in [0.25, 0.3) is 21.3 Å². The van der Waals surface area contributed by atoms with Crippen LogP contribution in [0.5, 0.6) is 0 Å². The third-order valence-corrected chi connectivity index (χ3v) is 6.55. The van der Waals surface area contributed by atoms with Gasteiger partial charge in [0.15, 0.2) is 5.16 Å². The van der Waals surface area contributed by atoms with Gasteiger partial charge in [0.1, 0.15) is 4.83 Å². The summed E-state index contributed by atoms with van der Waals surface area (Å²) >= 11 is 2.79. The molecule has 2 aromatic heterocycles. The second-order valence-electron chi connectivity index (χ2n) is 6.96. The molecule has 1 aromatic carbocycles. The third-order valence-electron chi connectivity index (χ3n) is 4.72. The molecule has 30 heavy (non-hydrogen) atoms. The molecule has 0 unspecified atom stereocenters. The summed E-state index contributed by atoms with van der Waals surface area (Å²) in [4.78, 5) is 33.4. The first-order valence-corrected chi connectivity index (χ1v) is 12.1. The number of hydrogen-bond acceptors (Lipinski definition) is 5. The number of nitrogens with zero attached hydrogens (tertiary/aromatic N) is 3. The molecule has 158 valence electrons. The smallest absolute Gasteiger partial charge is 0.263 e. The maximum absolute atomic E-state index is 13.4. The quantitative estimate of drug-likeness (QED) is 0.251. The van der Waals surface area contributed by atoms with Crippen molar-refractivity contribution in [1.29, 1.82) is 0 Å². The summed E-state index contributed by atoms with van der Waals surface area (Å²) in [5, 5.41) is 3.17. The zero-order valence-corrected chi connectivity index (χ0v) is 19.1. The molecule has 0 aliphatic carbocycles. The van der Waals surface area contributed by atoms with Crippen LogP contribution in [0, 0.1) is 0 Å². The lowest BCUT2D eigenvalue weighted by Crippen LogP contribution is -2.34. The van der Waals surface area contributed by atoms with Crippen molar-refractivity contribution in [2.75, 3.05) is 18.8 Å². The monoisotopic (exact) mass is 441 g/mol. The Hall–Kier alpha value is -2.38. The summed E-state index contributed by atoms with van der Waals surface area (Å²) < 4.78 is 1.62. The van der Waals surface area contributed by atoms with Crippen LogP contribution in [-0.4, -0.2) is 39.2 Å². The van der Waals surface area contributed by atoms with E-state index in [-0.39, 0.29) is 17.2 Å². The first-order valence-electron chi connectivity index (χ1n) is 10.2. The minimum absolute atomic E-state index is 0.0827. The fourth-order valence-corrected chi connectivity index (χ4v) is 5.25. The number of aromatic nitrogens is 2. The number of fused-ring (bicyclic) bond motifs is 1. The number of carbonyl (C=O) groups excluding carboxylic acids is 1. The van der Waals surface area contributed by atoms with Gasteiger partial charge in [-0.15, -0.1) is 17.9 Å². The number of benzene rings is 1. The van der Waals surface area contributed by atoms with Gasteiger partial charge in [-0.1, -0.05) is 62.0 Å². The summed E-state index contributed by atoms with van der Waals surface area (Å²) in [5.74, 6) is 0.353. The van der Waals surface area contributed by atoms with E-state index in [0.29, 0.717) is 21.9 Å². The highest BCUT2D eigenvalue weighted by Gasteiger charge is 2.19. The van der Waals surface area contributed by atoms with Crippen molar-refractivity contribution in [1.82, 2.24) is 14.5 Å². The van der Waals surface area contributed by atoms with Crippen molar-refractivity contribution in [3.8, 4) is 11.1 Å². The lowest BCUT2D eigenvalue weighted by Gasteiger charge is -2.21. The molecule has 0 N–H and O–H groups in total. The topological polar surface area (TPSA) is 55.2 Å². The van der Waals surface area contributed by atoms with Crippen molar-refractivity contribution in [2.45, 2.75) is 38.4 Å². The summed E-state index contributed by atoms with van der Waals surface area (Å²) in [6, 6.07) is 9.87. The van der Waals surface area contributed by atoms with Gasteiger partial charge in [0, 0.05) is 30.6 Å². The second-order valence-corrected chi connectivity index (χ2v) is 8.76. The van der Waals surface area contributed by atoms with Gasteiger partial charge in [-0.3, -0.25) is 14.2 Å². The number of rotatable bonds is 10. The van der Waals surface area contributed by atoms with Crippen molar-refractivity contribution < 1.29 is 4.79 Å². The summed E-state index contributed by atoms with van der Waals surface area (Å²) in [7, 11) is 0. The summed E-state index contributed by atoms with van der Waals surface area (Å²) in [6.07, 6.45) is 3.55. The highest BCUT2D eigenvalue weighted by molar-refractivity contribution is 7.99. The predicted octanol–water partition coefficient (Wildman–Crippen LogP) is 5.05. The molecule has 0 saturated carbocycles. The summed E-state index contributed by atoms with van der Waals surface area (Å²) in [6.45, 7) is 9.80.